The van der Waals surface area contributed by atoms with Crippen LogP contribution in [0.25, 0.3) is 89.5 Å². The van der Waals surface area contributed by atoms with Crippen molar-refractivity contribution in [2.75, 3.05) is 0 Å². The molecule has 0 radical (unpaired) electrons. The maximum atomic E-state index is 8.35. The number of nitrogens with zero attached hydrogens (tertiary/aromatic N) is 3. The molecule has 0 N–H and O–H groups in total. The Morgan fingerprint density at radius 2 is 0.816 bits per heavy atom. The largest absolute Gasteiger partial charge is 0.456 e. The van der Waals surface area contributed by atoms with Gasteiger partial charge >= 0.3 is 0 Å². The Kier molecular flexibility index (Phi) is 5.87. The van der Waals surface area contributed by atoms with Gasteiger partial charge in [-0.25, -0.2) is 15.0 Å². The van der Waals surface area contributed by atoms with E-state index in [1.807, 2.05) is 103 Å². The van der Waals surface area contributed by atoms with E-state index in [-0.39, 0.29) is 29.7 Å². The SMILES string of the molecule is [2H]c1c([2H])c([2H])c(-c2ccc(-c3ccc4oc5cc(-c6nc(-c7ccccc7)nc(-c7ccc(-c8ccccc8)cc7)n6)ccc5c4c3)cc2)c([2H])c1[2H]. The van der Waals surface area contributed by atoms with E-state index in [0.717, 1.165) is 55.3 Å². The van der Waals surface area contributed by atoms with Gasteiger partial charge in [-0.3, -0.25) is 0 Å². The van der Waals surface area contributed by atoms with Gasteiger partial charge in [-0.2, -0.15) is 0 Å². The molecule has 0 fully saturated rings. The summed E-state index contributed by atoms with van der Waals surface area (Å²) in [6.07, 6.45) is 0. The zero-order chi connectivity index (χ0) is 36.9. The van der Waals surface area contributed by atoms with Crippen LogP contribution in [0.4, 0.5) is 0 Å². The number of benzene rings is 7. The van der Waals surface area contributed by atoms with Crippen LogP contribution in [0.1, 0.15) is 6.85 Å². The maximum absolute atomic E-state index is 8.35. The average Bonchev–Trinajstić information content (AvgIpc) is 3.60. The molecule has 0 unspecified atom stereocenters. The predicted octanol–water partition coefficient (Wildman–Crippen LogP) is 11.8. The number of furan rings is 1. The fourth-order valence-electron chi connectivity index (χ4n) is 6.11. The third-order valence-corrected chi connectivity index (χ3v) is 8.65. The van der Waals surface area contributed by atoms with Gasteiger partial charge in [0.1, 0.15) is 11.2 Å². The molecular formula is C45H29N3O. The molecule has 0 saturated heterocycles. The smallest absolute Gasteiger partial charge is 0.164 e. The van der Waals surface area contributed by atoms with Crippen molar-refractivity contribution < 1.29 is 11.3 Å². The first-order chi connectivity index (χ1) is 26.3. The number of rotatable bonds is 6. The highest BCUT2D eigenvalue weighted by Gasteiger charge is 2.15. The molecule has 0 spiro atoms. The summed E-state index contributed by atoms with van der Waals surface area (Å²) in [5, 5.41) is 1.89. The first-order valence-electron chi connectivity index (χ1n) is 18.4. The summed E-state index contributed by atoms with van der Waals surface area (Å²) in [5.74, 6) is 1.69. The quantitative estimate of drug-likeness (QED) is 0.183. The zero-order valence-electron chi connectivity index (χ0n) is 31.1. The third kappa shape index (κ3) is 5.56. The summed E-state index contributed by atoms with van der Waals surface area (Å²) in [6, 6.07) is 46.2. The summed E-state index contributed by atoms with van der Waals surface area (Å²) in [4.78, 5) is 14.8. The molecule has 2 heterocycles. The lowest BCUT2D eigenvalue weighted by molar-refractivity contribution is 0.669. The topological polar surface area (TPSA) is 51.8 Å². The molecule has 0 aliphatic heterocycles. The normalized spacial score (nSPS) is 12.7. The number of fused-ring (bicyclic) bond motifs is 3. The summed E-state index contributed by atoms with van der Waals surface area (Å²) in [6.45, 7) is 0. The van der Waals surface area contributed by atoms with Crippen LogP contribution in [0.2, 0.25) is 0 Å². The minimum atomic E-state index is -0.405. The van der Waals surface area contributed by atoms with E-state index in [0.29, 0.717) is 28.6 Å². The molecule has 2 aromatic heterocycles. The number of hydrogen-bond donors (Lipinski definition) is 0. The van der Waals surface area contributed by atoms with Crippen molar-refractivity contribution in [3.63, 3.8) is 0 Å². The lowest BCUT2D eigenvalue weighted by atomic mass is 9.99. The van der Waals surface area contributed by atoms with Crippen LogP contribution in [0.15, 0.2) is 180 Å². The molecular weight excluding hydrogens is 599 g/mol. The highest BCUT2D eigenvalue weighted by molar-refractivity contribution is 6.07. The average molecular weight is 633 g/mol. The molecule has 49 heavy (non-hydrogen) atoms. The van der Waals surface area contributed by atoms with Crippen LogP contribution >= 0.6 is 0 Å². The fraction of sp³-hybridized carbons (Fsp3) is 0. The van der Waals surface area contributed by atoms with Crippen molar-refractivity contribution in [1.29, 1.82) is 0 Å². The summed E-state index contributed by atoms with van der Waals surface area (Å²) in [7, 11) is 0. The summed E-state index contributed by atoms with van der Waals surface area (Å²) in [5.41, 5.74) is 8.87. The molecule has 0 atom stereocenters. The molecule has 0 aliphatic rings. The zero-order valence-corrected chi connectivity index (χ0v) is 26.1. The Balaban J connectivity index is 1.07. The highest BCUT2D eigenvalue weighted by atomic mass is 16.3. The van der Waals surface area contributed by atoms with Gasteiger partial charge < -0.3 is 4.42 Å². The molecule has 0 amide bonds. The van der Waals surface area contributed by atoms with Crippen molar-refractivity contribution in [3.8, 4) is 67.5 Å². The molecule has 4 heteroatoms. The lowest BCUT2D eigenvalue weighted by Gasteiger charge is -2.09. The Hall–Kier alpha value is -6.65. The van der Waals surface area contributed by atoms with Crippen molar-refractivity contribution >= 4 is 21.9 Å². The highest BCUT2D eigenvalue weighted by Crippen LogP contribution is 2.35. The Morgan fingerprint density at radius 1 is 0.347 bits per heavy atom. The summed E-state index contributed by atoms with van der Waals surface area (Å²) < 4.78 is 47.1. The van der Waals surface area contributed by atoms with Gasteiger partial charge in [0.2, 0.25) is 0 Å². The first kappa shape index (κ1) is 23.6. The Bertz CT molecular complexity index is 2830. The van der Waals surface area contributed by atoms with E-state index in [2.05, 4.69) is 30.3 Å². The molecule has 7 aromatic carbocycles. The van der Waals surface area contributed by atoms with Gasteiger partial charge in [0.25, 0.3) is 0 Å². The third-order valence-electron chi connectivity index (χ3n) is 8.65. The molecule has 9 aromatic rings. The molecule has 0 bridgehead atoms. The van der Waals surface area contributed by atoms with Crippen LogP contribution in [-0.2, 0) is 0 Å². The van der Waals surface area contributed by atoms with Crippen molar-refractivity contribution in [3.05, 3.63) is 176 Å². The van der Waals surface area contributed by atoms with Crippen LogP contribution in [0, 0.1) is 0 Å². The van der Waals surface area contributed by atoms with Crippen LogP contribution in [0.5, 0.6) is 0 Å². The van der Waals surface area contributed by atoms with Crippen molar-refractivity contribution in [2.45, 2.75) is 0 Å². The van der Waals surface area contributed by atoms with Crippen molar-refractivity contribution in [2.24, 2.45) is 0 Å². The van der Waals surface area contributed by atoms with E-state index in [1.54, 1.807) is 12.1 Å². The second-order valence-corrected chi connectivity index (χ2v) is 11.7. The van der Waals surface area contributed by atoms with E-state index in [4.69, 9.17) is 26.2 Å². The van der Waals surface area contributed by atoms with Crippen LogP contribution < -0.4 is 0 Å². The van der Waals surface area contributed by atoms with Gasteiger partial charge in [0.15, 0.2) is 17.5 Å². The molecule has 4 nitrogen and oxygen atoms in total. The molecule has 0 aliphatic carbocycles. The van der Waals surface area contributed by atoms with Crippen molar-refractivity contribution in [1.82, 2.24) is 15.0 Å². The van der Waals surface area contributed by atoms with Gasteiger partial charge in [-0.1, -0.05) is 152 Å². The van der Waals surface area contributed by atoms with E-state index >= 15 is 0 Å². The predicted molar refractivity (Wildman–Crippen MR) is 200 cm³/mol. The minimum absolute atomic E-state index is 0.182. The second kappa shape index (κ2) is 12.2. The standard InChI is InChI=1S/C45H29N3O/c1-4-10-30(11-5-1)32-16-18-34(19-17-32)37-25-27-41-40(28-37)39-26-24-38(29-42(39)49-41)45-47-43(35-14-8-3-9-15-35)46-44(48-45)36-22-20-33(21-23-36)31-12-6-2-7-13-31/h1-29H/i1D,4D,5D,10D,11D. The van der Waals surface area contributed by atoms with E-state index in [1.165, 1.54) is 0 Å². The van der Waals surface area contributed by atoms with Gasteiger partial charge in [0.05, 0.1) is 6.85 Å². The maximum Gasteiger partial charge on any atom is 0.164 e. The van der Waals surface area contributed by atoms with E-state index < -0.39 is 6.04 Å². The van der Waals surface area contributed by atoms with Gasteiger partial charge in [-0.15, -0.1) is 0 Å². The van der Waals surface area contributed by atoms with Gasteiger partial charge in [0, 0.05) is 27.5 Å². The number of aromatic nitrogens is 3. The first-order valence-corrected chi connectivity index (χ1v) is 15.9. The fourth-order valence-corrected chi connectivity index (χ4v) is 6.11. The lowest BCUT2D eigenvalue weighted by Crippen LogP contribution is -2.00. The van der Waals surface area contributed by atoms with Crippen LogP contribution in [-0.4, -0.2) is 15.0 Å². The number of hydrogen-bond acceptors (Lipinski definition) is 4. The minimum Gasteiger partial charge on any atom is -0.456 e. The second-order valence-electron chi connectivity index (χ2n) is 11.7. The Labute approximate surface area is 291 Å². The Morgan fingerprint density at radius 3 is 1.47 bits per heavy atom. The molecule has 9 rings (SSSR count). The summed E-state index contributed by atoms with van der Waals surface area (Å²) >= 11 is 0. The van der Waals surface area contributed by atoms with Crippen LogP contribution in [0.3, 0.4) is 0 Å². The monoisotopic (exact) mass is 632 g/mol. The van der Waals surface area contributed by atoms with E-state index in [9.17, 15) is 0 Å². The molecule has 230 valence electrons. The van der Waals surface area contributed by atoms with Gasteiger partial charge in [-0.05, 0) is 57.6 Å². The molecule has 0 saturated carbocycles.